The van der Waals surface area contributed by atoms with Crippen LogP contribution in [-0.2, 0) is 6.61 Å². The summed E-state index contributed by atoms with van der Waals surface area (Å²) in [5.74, 6) is 0.800. The van der Waals surface area contributed by atoms with Gasteiger partial charge in [-0.05, 0) is 24.1 Å². The predicted molar refractivity (Wildman–Crippen MR) is 105 cm³/mol. The second kappa shape index (κ2) is 8.10. The maximum Gasteiger partial charge on any atom is 0.141 e. The number of ether oxygens (including phenoxy) is 1. The predicted octanol–water partition coefficient (Wildman–Crippen LogP) is 1.72. The Balaban J connectivity index is 1.62. The molecule has 0 radical (unpaired) electrons. The maximum atomic E-state index is 10.3. The number of fused-ring (bicyclic) bond motifs is 1. The van der Waals surface area contributed by atoms with Crippen LogP contribution in [0.25, 0.3) is 10.9 Å². The molecule has 0 amide bonds. The van der Waals surface area contributed by atoms with Gasteiger partial charge >= 0.3 is 0 Å². The van der Waals surface area contributed by atoms with E-state index in [4.69, 9.17) is 4.74 Å². The zero-order valence-corrected chi connectivity index (χ0v) is 15.3. The molecule has 4 N–H and O–H groups in total. The smallest absolute Gasteiger partial charge is 0.141 e. The van der Waals surface area contributed by atoms with Gasteiger partial charge < -0.3 is 25.4 Å². The summed E-state index contributed by atoms with van der Waals surface area (Å²) in [5, 5.41) is 33.7. The number of aliphatic hydroxyl groups excluding tert-OH is 3. The lowest BCUT2D eigenvalue weighted by Crippen LogP contribution is -2.35. The molecule has 4 atom stereocenters. The van der Waals surface area contributed by atoms with Gasteiger partial charge in [-0.1, -0.05) is 36.4 Å². The van der Waals surface area contributed by atoms with E-state index in [1.54, 1.807) is 0 Å². The van der Waals surface area contributed by atoms with Crippen molar-refractivity contribution in [2.45, 2.75) is 31.3 Å². The first-order chi connectivity index (χ1) is 13.7. The van der Waals surface area contributed by atoms with Crippen LogP contribution in [0.3, 0.4) is 0 Å². The number of nitrogens with zero attached hydrogens (tertiary/aromatic N) is 2. The van der Waals surface area contributed by atoms with Crippen LogP contribution >= 0.6 is 0 Å². The second-order valence-electron chi connectivity index (χ2n) is 7.06. The van der Waals surface area contributed by atoms with E-state index in [0.717, 1.165) is 16.5 Å². The van der Waals surface area contributed by atoms with Crippen molar-refractivity contribution < 1.29 is 20.1 Å². The molecule has 1 heterocycles. The molecule has 0 spiro atoms. The highest BCUT2D eigenvalue weighted by Crippen LogP contribution is 2.34. The molecule has 1 aromatic heterocycles. The van der Waals surface area contributed by atoms with Gasteiger partial charge in [0.15, 0.2) is 0 Å². The van der Waals surface area contributed by atoms with Gasteiger partial charge in [0.25, 0.3) is 0 Å². The maximum absolute atomic E-state index is 10.3. The Kier molecular flexibility index (Phi) is 5.38. The SMILES string of the molecule is OC[C@H]1C[C@@H](Nc2ncnc3cccc(OCc4ccccc4)c23)[C@H](O)[C@@H]1O. The zero-order valence-electron chi connectivity index (χ0n) is 15.3. The lowest BCUT2D eigenvalue weighted by molar-refractivity contribution is 0.00446. The van der Waals surface area contributed by atoms with E-state index in [0.29, 0.717) is 24.6 Å². The number of anilines is 1. The van der Waals surface area contributed by atoms with Crippen LogP contribution in [0, 0.1) is 5.92 Å². The molecule has 2 aromatic carbocycles. The lowest BCUT2D eigenvalue weighted by Gasteiger charge is -2.20. The van der Waals surface area contributed by atoms with Crippen molar-refractivity contribution in [1.82, 2.24) is 9.97 Å². The van der Waals surface area contributed by atoms with Crippen LogP contribution in [-0.4, -0.2) is 50.1 Å². The summed E-state index contributed by atoms with van der Waals surface area (Å²) in [4.78, 5) is 8.65. The van der Waals surface area contributed by atoms with E-state index >= 15 is 0 Å². The van der Waals surface area contributed by atoms with E-state index < -0.39 is 18.2 Å². The molecular formula is C21H23N3O4. The Hall–Kier alpha value is -2.74. The van der Waals surface area contributed by atoms with Crippen LogP contribution in [0.15, 0.2) is 54.9 Å². The molecule has 146 valence electrons. The first-order valence-corrected chi connectivity index (χ1v) is 9.31. The topological polar surface area (TPSA) is 108 Å². The van der Waals surface area contributed by atoms with Crippen molar-refractivity contribution in [1.29, 1.82) is 0 Å². The highest BCUT2D eigenvalue weighted by molar-refractivity contribution is 5.94. The molecule has 1 saturated carbocycles. The number of aromatic nitrogens is 2. The van der Waals surface area contributed by atoms with Gasteiger partial charge in [-0.25, -0.2) is 9.97 Å². The third-order valence-electron chi connectivity index (χ3n) is 5.22. The summed E-state index contributed by atoms with van der Waals surface area (Å²) in [6.45, 7) is 0.234. The third kappa shape index (κ3) is 3.64. The first-order valence-electron chi connectivity index (χ1n) is 9.31. The van der Waals surface area contributed by atoms with Crippen LogP contribution in [0.1, 0.15) is 12.0 Å². The fraction of sp³-hybridized carbons (Fsp3) is 0.333. The normalized spacial score (nSPS) is 24.4. The van der Waals surface area contributed by atoms with Crippen LogP contribution in [0.4, 0.5) is 5.82 Å². The number of benzene rings is 2. The Morgan fingerprint density at radius 1 is 1.00 bits per heavy atom. The lowest BCUT2D eigenvalue weighted by atomic mass is 10.1. The monoisotopic (exact) mass is 381 g/mol. The summed E-state index contributed by atoms with van der Waals surface area (Å²) < 4.78 is 6.03. The summed E-state index contributed by atoms with van der Waals surface area (Å²) in [6, 6.07) is 15.0. The second-order valence-corrected chi connectivity index (χ2v) is 7.06. The van der Waals surface area contributed by atoms with Gasteiger partial charge in [0, 0.05) is 12.5 Å². The quantitative estimate of drug-likeness (QED) is 0.515. The molecule has 1 aliphatic carbocycles. The van der Waals surface area contributed by atoms with Gasteiger partial charge in [-0.3, -0.25) is 0 Å². The summed E-state index contributed by atoms with van der Waals surface area (Å²) in [5.41, 5.74) is 1.76. The first kappa shape index (κ1) is 18.6. The van der Waals surface area contributed by atoms with Crippen LogP contribution < -0.4 is 10.1 Å². The molecular weight excluding hydrogens is 358 g/mol. The molecule has 7 nitrogen and oxygen atoms in total. The average molecular weight is 381 g/mol. The zero-order chi connectivity index (χ0) is 19.5. The Morgan fingerprint density at radius 2 is 1.82 bits per heavy atom. The summed E-state index contributed by atoms with van der Waals surface area (Å²) >= 11 is 0. The largest absolute Gasteiger partial charge is 0.488 e. The van der Waals surface area contributed by atoms with Crippen molar-refractivity contribution in [3.8, 4) is 5.75 Å². The third-order valence-corrected chi connectivity index (χ3v) is 5.22. The number of hydrogen-bond acceptors (Lipinski definition) is 7. The van der Waals surface area contributed by atoms with Crippen molar-refractivity contribution >= 4 is 16.7 Å². The molecule has 0 bridgehead atoms. The van der Waals surface area contributed by atoms with Gasteiger partial charge in [-0.2, -0.15) is 0 Å². The fourth-order valence-electron chi connectivity index (χ4n) is 3.67. The Morgan fingerprint density at radius 3 is 2.57 bits per heavy atom. The Bertz CT molecular complexity index is 932. The molecule has 1 aliphatic rings. The van der Waals surface area contributed by atoms with E-state index in [1.807, 2.05) is 48.5 Å². The molecule has 28 heavy (non-hydrogen) atoms. The van der Waals surface area contributed by atoms with Crippen molar-refractivity contribution in [3.63, 3.8) is 0 Å². The summed E-state index contributed by atoms with van der Waals surface area (Å²) in [7, 11) is 0. The van der Waals surface area contributed by atoms with Crippen LogP contribution in [0.2, 0.25) is 0 Å². The number of hydrogen-bond donors (Lipinski definition) is 4. The highest BCUT2D eigenvalue weighted by Gasteiger charge is 2.41. The molecule has 0 aliphatic heterocycles. The van der Waals surface area contributed by atoms with E-state index in [2.05, 4.69) is 15.3 Å². The van der Waals surface area contributed by atoms with Crippen LogP contribution in [0.5, 0.6) is 5.75 Å². The van der Waals surface area contributed by atoms with Gasteiger partial charge in [-0.15, -0.1) is 0 Å². The van der Waals surface area contributed by atoms with E-state index in [-0.39, 0.29) is 12.5 Å². The molecule has 3 aromatic rings. The minimum absolute atomic E-state index is 0.174. The number of nitrogens with one attached hydrogen (secondary N) is 1. The molecule has 1 fully saturated rings. The molecule has 0 saturated heterocycles. The van der Waals surface area contributed by atoms with E-state index in [9.17, 15) is 15.3 Å². The van der Waals surface area contributed by atoms with Gasteiger partial charge in [0.05, 0.1) is 23.0 Å². The minimum Gasteiger partial charge on any atom is -0.488 e. The van der Waals surface area contributed by atoms with Crippen molar-refractivity contribution in [3.05, 3.63) is 60.4 Å². The molecule has 4 rings (SSSR count). The van der Waals surface area contributed by atoms with Crippen molar-refractivity contribution in [2.75, 3.05) is 11.9 Å². The average Bonchev–Trinajstić information content (AvgIpc) is 3.01. The summed E-state index contributed by atoms with van der Waals surface area (Å²) in [6.07, 6.45) is -0.0615. The fourth-order valence-corrected chi connectivity index (χ4v) is 3.67. The number of aliphatic hydroxyl groups is 3. The standard InChI is InChI=1S/C21H23N3O4/c25-10-14-9-16(20(27)19(14)26)24-21-18-15(22-12-23-21)7-4-8-17(18)28-11-13-5-2-1-3-6-13/h1-8,12,14,16,19-20,25-27H,9-11H2,(H,22,23,24)/t14-,16-,19-,20+/m1/s1. The highest BCUT2D eigenvalue weighted by atomic mass is 16.5. The Labute approximate surface area is 162 Å². The molecule has 7 heteroatoms. The number of rotatable bonds is 6. The minimum atomic E-state index is -0.987. The van der Waals surface area contributed by atoms with E-state index in [1.165, 1.54) is 6.33 Å². The van der Waals surface area contributed by atoms with Gasteiger partial charge in [0.1, 0.15) is 30.6 Å². The molecule has 0 unspecified atom stereocenters. The van der Waals surface area contributed by atoms with Gasteiger partial charge in [0.2, 0.25) is 0 Å². The van der Waals surface area contributed by atoms with Crippen molar-refractivity contribution in [2.24, 2.45) is 5.92 Å².